The van der Waals surface area contributed by atoms with Gasteiger partial charge in [0.2, 0.25) is 0 Å². The molecule has 0 unspecified atom stereocenters. The van der Waals surface area contributed by atoms with Gasteiger partial charge in [-0.15, -0.1) is 0 Å². The Morgan fingerprint density at radius 2 is 1.08 bits per heavy atom. The molecule has 176 valence electrons. The van der Waals surface area contributed by atoms with E-state index in [1.807, 2.05) is 0 Å². The van der Waals surface area contributed by atoms with Crippen LogP contribution in [0, 0.1) is 0 Å². The van der Waals surface area contributed by atoms with Crippen LogP contribution < -0.4 is 4.90 Å². The van der Waals surface area contributed by atoms with E-state index in [0.717, 1.165) is 11.4 Å². The van der Waals surface area contributed by atoms with Crippen LogP contribution in [0.2, 0.25) is 0 Å². The SMILES string of the molecule is Cn1c2cccc(N(c3ccccc3)c3ccc(-c4ccccc4)cc3)c2c2c3ccccc3ccc21. The zero-order chi connectivity index (χ0) is 24.8. The third-order valence-electron chi connectivity index (χ3n) is 7.39. The van der Waals surface area contributed by atoms with Gasteiger partial charge in [0.15, 0.2) is 0 Å². The molecule has 37 heavy (non-hydrogen) atoms. The molecule has 0 atom stereocenters. The van der Waals surface area contributed by atoms with Gasteiger partial charge in [-0.3, -0.25) is 0 Å². The largest absolute Gasteiger partial charge is 0.344 e. The highest BCUT2D eigenvalue weighted by Crippen LogP contribution is 2.44. The molecule has 0 radical (unpaired) electrons. The molecular weight excluding hydrogens is 448 g/mol. The Kier molecular flexibility index (Phi) is 5.04. The van der Waals surface area contributed by atoms with Crippen LogP contribution in [-0.4, -0.2) is 4.57 Å². The summed E-state index contributed by atoms with van der Waals surface area (Å²) in [5, 5.41) is 5.11. The molecule has 6 aromatic carbocycles. The van der Waals surface area contributed by atoms with Gasteiger partial charge in [-0.25, -0.2) is 0 Å². The summed E-state index contributed by atoms with van der Waals surface area (Å²) in [7, 11) is 2.17. The van der Waals surface area contributed by atoms with Gasteiger partial charge in [-0.1, -0.05) is 97.1 Å². The molecule has 1 heterocycles. The fourth-order valence-corrected chi connectivity index (χ4v) is 5.62. The van der Waals surface area contributed by atoms with Gasteiger partial charge < -0.3 is 9.47 Å². The van der Waals surface area contributed by atoms with Gasteiger partial charge >= 0.3 is 0 Å². The average molecular weight is 475 g/mol. The number of hydrogen-bond acceptors (Lipinski definition) is 1. The Bertz CT molecular complexity index is 1860. The normalized spacial score (nSPS) is 11.4. The summed E-state index contributed by atoms with van der Waals surface area (Å²) < 4.78 is 2.32. The second-order valence-corrected chi connectivity index (χ2v) is 9.49. The lowest BCUT2D eigenvalue weighted by Crippen LogP contribution is -2.10. The van der Waals surface area contributed by atoms with Gasteiger partial charge in [0.1, 0.15) is 0 Å². The zero-order valence-electron chi connectivity index (χ0n) is 20.7. The topological polar surface area (TPSA) is 8.17 Å². The van der Waals surface area contributed by atoms with E-state index in [4.69, 9.17) is 0 Å². The Labute approximate surface area is 216 Å². The lowest BCUT2D eigenvalue weighted by Gasteiger charge is -2.26. The van der Waals surface area contributed by atoms with Crippen molar-refractivity contribution in [1.82, 2.24) is 4.57 Å². The van der Waals surface area contributed by atoms with E-state index < -0.39 is 0 Å². The summed E-state index contributed by atoms with van der Waals surface area (Å²) in [6, 6.07) is 50.0. The zero-order valence-corrected chi connectivity index (χ0v) is 20.7. The van der Waals surface area contributed by atoms with Gasteiger partial charge in [-0.2, -0.15) is 0 Å². The molecule has 0 amide bonds. The van der Waals surface area contributed by atoms with E-state index in [2.05, 4.69) is 156 Å². The average Bonchev–Trinajstić information content (AvgIpc) is 3.27. The van der Waals surface area contributed by atoms with E-state index in [9.17, 15) is 0 Å². The molecule has 2 heteroatoms. The second kappa shape index (κ2) is 8.69. The molecular formula is C35H26N2. The standard InChI is InChI=1S/C35H26N2/c1-36-31-17-10-18-33(35(31)34-30-16-9-8-13-27(30)21-24-32(34)36)37(28-14-6-3-7-15-28)29-22-19-26(20-23-29)25-11-4-2-5-12-25/h2-24H,1H3. The lowest BCUT2D eigenvalue weighted by atomic mass is 10.0. The molecule has 0 aliphatic heterocycles. The summed E-state index contributed by atoms with van der Waals surface area (Å²) in [4.78, 5) is 2.39. The van der Waals surface area contributed by atoms with Crippen molar-refractivity contribution in [2.45, 2.75) is 0 Å². The molecule has 7 rings (SSSR count). The minimum atomic E-state index is 1.13. The molecule has 7 aromatic rings. The molecule has 0 spiro atoms. The van der Waals surface area contributed by atoms with Crippen molar-refractivity contribution >= 4 is 49.6 Å². The molecule has 0 N–H and O–H groups in total. The summed E-state index contributed by atoms with van der Waals surface area (Å²) in [5.41, 5.74) is 8.36. The maximum absolute atomic E-state index is 2.39. The minimum absolute atomic E-state index is 1.13. The maximum Gasteiger partial charge on any atom is 0.0562 e. The lowest BCUT2D eigenvalue weighted by molar-refractivity contribution is 1.01. The van der Waals surface area contributed by atoms with Crippen molar-refractivity contribution in [3.63, 3.8) is 0 Å². The first kappa shape index (κ1) is 21.5. The first-order valence-electron chi connectivity index (χ1n) is 12.7. The van der Waals surface area contributed by atoms with Crippen LogP contribution in [-0.2, 0) is 7.05 Å². The summed E-state index contributed by atoms with van der Waals surface area (Å²) in [6.07, 6.45) is 0. The summed E-state index contributed by atoms with van der Waals surface area (Å²) in [6.45, 7) is 0. The first-order valence-corrected chi connectivity index (χ1v) is 12.7. The van der Waals surface area contributed by atoms with Crippen LogP contribution in [0.25, 0.3) is 43.7 Å². The van der Waals surface area contributed by atoms with Crippen molar-refractivity contribution < 1.29 is 0 Å². The first-order chi connectivity index (χ1) is 18.3. The van der Waals surface area contributed by atoms with Crippen LogP contribution in [0.15, 0.2) is 140 Å². The van der Waals surface area contributed by atoms with E-state index in [1.54, 1.807) is 0 Å². The highest BCUT2D eigenvalue weighted by molar-refractivity contribution is 6.24. The number of benzene rings is 6. The van der Waals surface area contributed by atoms with Crippen LogP contribution in [0.5, 0.6) is 0 Å². The summed E-state index contributed by atoms with van der Waals surface area (Å²) >= 11 is 0. The molecule has 0 saturated carbocycles. The number of rotatable bonds is 4. The maximum atomic E-state index is 2.39. The number of hydrogen-bond donors (Lipinski definition) is 0. The number of aromatic nitrogens is 1. The number of fused-ring (bicyclic) bond motifs is 5. The molecule has 2 nitrogen and oxygen atoms in total. The predicted octanol–water partition coefficient (Wildman–Crippen LogP) is 9.62. The number of nitrogens with zero attached hydrogens (tertiary/aromatic N) is 2. The van der Waals surface area contributed by atoms with Gasteiger partial charge in [0.05, 0.1) is 11.2 Å². The van der Waals surface area contributed by atoms with Crippen molar-refractivity contribution in [2.24, 2.45) is 7.05 Å². The van der Waals surface area contributed by atoms with Crippen molar-refractivity contribution in [1.29, 1.82) is 0 Å². The van der Waals surface area contributed by atoms with E-state index >= 15 is 0 Å². The Balaban J connectivity index is 1.52. The fourth-order valence-electron chi connectivity index (χ4n) is 5.62. The van der Waals surface area contributed by atoms with Crippen LogP contribution in [0.3, 0.4) is 0 Å². The molecule has 1 aromatic heterocycles. The monoisotopic (exact) mass is 474 g/mol. The minimum Gasteiger partial charge on any atom is -0.344 e. The fraction of sp³-hybridized carbons (Fsp3) is 0.0286. The van der Waals surface area contributed by atoms with Crippen molar-refractivity contribution in [2.75, 3.05) is 4.90 Å². The van der Waals surface area contributed by atoms with Crippen LogP contribution >= 0.6 is 0 Å². The van der Waals surface area contributed by atoms with E-state index in [-0.39, 0.29) is 0 Å². The van der Waals surface area contributed by atoms with Crippen molar-refractivity contribution in [3.8, 4) is 11.1 Å². The van der Waals surface area contributed by atoms with Gasteiger partial charge in [0.25, 0.3) is 0 Å². The molecule has 0 aliphatic rings. The highest BCUT2D eigenvalue weighted by Gasteiger charge is 2.20. The molecule has 0 bridgehead atoms. The predicted molar refractivity (Wildman–Crippen MR) is 158 cm³/mol. The van der Waals surface area contributed by atoms with E-state index in [1.165, 1.54) is 49.4 Å². The number of para-hydroxylation sites is 1. The van der Waals surface area contributed by atoms with E-state index in [0.29, 0.717) is 0 Å². The third-order valence-corrected chi connectivity index (χ3v) is 7.39. The second-order valence-electron chi connectivity index (χ2n) is 9.49. The van der Waals surface area contributed by atoms with Crippen molar-refractivity contribution in [3.05, 3.63) is 140 Å². The van der Waals surface area contributed by atoms with Gasteiger partial charge in [0, 0.05) is 34.7 Å². The van der Waals surface area contributed by atoms with Crippen LogP contribution in [0.1, 0.15) is 0 Å². The Morgan fingerprint density at radius 3 is 1.86 bits per heavy atom. The number of anilines is 3. The smallest absolute Gasteiger partial charge is 0.0562 e. The number of aryl methyl sites for hydroxylation is 1. The molecule has 0 aliphatic carbocycles. The molecule has 0 fully saturated rings. The summed E-state index contributed by atoms with van der Waals surface area (Å²) in [5.74, 6) is 0. The highest BCUT2D eigenvalue weighted by atomic mass is 15.1. The Hall–Kier alpha value is -4.82. The third kappa shape index (κ3) is 3.49. The van der Waals surface area contributed by atoms with Crippen LogP contribution in [0.4, 0.5) is 17.1 Å². The molecule has 0 saturated heterocycles. The Morgan fingerprint density at radius 1 is 0.459 bits per heavy atom. The quantitative estimate of drug-likeness (QED) is 0.246. The van der Waals surface area contributed by atoms with Gasteiger partial charge in [-0.05, 0) is 64.4 Å².